The maximum absolute atomic E-state index is 12.4. The van der Waals surface area contributed by atoms with Gasteiger partial charge in [0.25, 0.3) is 0 Å². The molecule has 1 amide bonds. The highest BCUT2D eigenvalue weighted by molar-refractivity contribution is 6.30. The van der Waals surface area contributed by atoms with Gasteiger partial charge >= 0.3 is 0 Å². The van der Waals surface area contributed by atoms with Crippen LogP contribution in [-0.4, -0.2) is 93.2 Å². The number of rotatable bonds is 9. The maximum atomic E-state index is 12.4. The van der Waals surface area contributed by atoms with Crippen LogP contribution < -0.4 is 5.32 Å². The summed E-state index contributed by atoms with van der Waals surface area (Å²) in [5.74, 6) is 0.677. The summed E-state index contributed by atoms with van der Waals surface area (Å²) in [6, 6.07) is 8.71. The summed E-state index contributed by atoms with van der Waals surface area (Å²) in [5, 5.41) is 3.84. The number of carbonyl (C=O) groups is 1. The molecule has 2 aliphatic rings. The van der Waals surface area contributed by atoms with Crippen molar-refractivity contribution in [1.29, 1.82) is 0 Å². The summed E-state index contributed by atoms with van der Waals surface area (Å²) in [7, 11) is 4.05. The van der Waals surface area contributed by atoms with Gasteiger partial charge in [-0.1, -0.05) is 23.7 Å². The number of morpholine rings is 1. The molecule has 2 saturated heterocycles. The van der Waals surface area contributed by atoms with E-state index in [1.807, 2.05) is 26.2 Å². The summed E-state index contributed by atoms with van der Waals surface area (Å²) < 4.78 is 5.57. The third-order valence-electron chi connectivity index (χ3n) is 6.24. The SMILES string of the molecule is CN(C)CCNC(=O)CC[C@H]1CN(Cc2ccc(Cl)cc2)CC[C@H]1N1CCOCC1. The lowest BCUT2D eigenvalue weighted by Gasteiger charge is -2.45. The van der Waals surface area contributed by atoms with Crippen LogP contribution in [0.3, 0.4) is 0 Å². The quantitative estimate of drug-likeness (QED) is 0.643. The van der Waals surface area contributed by atoms with Crippen LogP contribution in [0.2, 0.25) is 5.02 Å². The van der Waals surface area contributed by atoms with Crippen LogP contribution in [0.4, 0.5) is 0 Å². The Morgan fingerprint density at radius 2 is 1.93 bits per heavy atom. The van der Waals surface area contributed by atoms with Gasteiger partial charge in [-0.05, 0) is 57.1 Å². The van der Waals surface area contributed by atoms with Crippen LogP contribution in [0.25, 0.3) is 0 Å². The van der Waals surface area contributed by atoms with E-state index >= 15 is 0 Å². The summed E-state index contributed by atoms with van der Waals surface area (Å²) in [4.78, 5) is 19.6. The molecule has 2 heterocycles. The molecule has 2 aliphatic heterocycles. The van der Waals surface area contributed by atoms with Crippen LogP contribution in [0, 0.1) is 5.92 Å². The minimum Gasteiger partial charge on any atom is -0.379 e. The fourth-order valence-electron chi connectivity index (χ4n) is 4.58. The summed E-state index contributed by atoms with van der Waals surface area (Å²) in [6.45, 7) is 8.32. The molecule has 1 N–H and O–H groups in total. The third kappa shape index (κ3) is 7.50. The van der Waals surface area contributed by atoms with Crippen molar-refractivity contribution in [3.63, 3.8) is 0 Å². The van der Waals surface area contributed by atoms with E-state index in [9.17, 15) is 4.79 Å². The molecule has 30 heavy (non-hydrogen) atoms. The number of ether oxygens (including phenoxy) is 1. The monoisotopic (exact) mass is 436 g/mol. The molecule has 0 aromatic heterocycles. The maximum Gasteiger partial charge on any atom is 0.220 e. The minimum atomic E-state index is 0.174. The molecule has 6 nitrogen and oxygen atoms in total. The smallest absolute Gasteiger partial charge is 0.220 e. The second-order valence-corrected chi connectivity index (χ2v) is 9.25. The van der Waals surface area contributed by atoms with Crippen LogP contribution in [0.5, 0.6) is 0 Å². The number of hydrogen-bond acceptors (Lipinski definition) is 5. The highest BCUT2D eigenvalue weighted by atomic mass is 35.5. The van der Waals surface area contributed by atoms with E-state index < -0.39 is 0 Å². The number of likely N-dealkylation sites (tertiary alicyclic amines) is 1. The first-order valence-corrected chi connectivity index (χ1v) is 11.6. The number of piperidine rings is 1. The van der Waals surface area contributed by atoms with Crippen molar-refractivity contribution in [2.45, 2.75) is 31.8 Å². The van der Waals surface area contributed by atoms with E-state index in [4.69, 9.17) is 16.3 Å². The van der Waals surface area contributed by atoms with Crippen LogP contribution >= 0.6 is 11.6 Å². The topological polar surface area (TPSA) is 48.1 Å². The molecule has 2 atom stereocenters. The molecule has 1 aromatic rings. The fourth-order valence-corrected chi connectivity index (χ4v) is 4.71. The molecule has 2 fully saturated rings. The summed E-state index contributed by atoms with van der Waals surface area (Å²) in [6.07, 6.45) is 2.70. The lowest BCUT2D eigenvalue weighted by Crippen LogP contribution is -2.54. The van der Waals surface area contributed by atoms with Gasteiger partial charge in [-0.2, -0.15) is 0 Å². The lowest BCUT2D eigenvalue weighted by molar-refractivity contribution is -0.121. The normalized spacial score (nSPS) is 23.6. The predicted molar refractivity (Wildman–Crippen MR) is 122 cm³/mol. The number of amides is 1. The second kappa shape index (κ2) is 12.0. The molecule has 0 unspecified atom stereocenters. The Morgan fingerprint density at radius 1 is 1.20 bits per heavy atom. The van der Waals surface area contributed by atoms with Gasteiger partial charge in [0, 0.05) is 56.8 Å². The van der Waals surface area contributed by atoms with Gasteiger partial charge in [0.2, 0.25) is 5.91 Å². The van der Waals surface area contributed by atoms with E-state index in [-0.39, 0.29) is 5.91 Å². The molecular weight excluding hydrogens is 400 g/mol. The zero-order valence-electron chi connectivity index (χ0n) is 18.5. The predicted octanol–water partition coefficient (Wildman–Crippen LogP) is 2.32. The highest BCUT2D eigenvalue weighted by Gasteiger charge is 2.34. The minimum absolute atomic E-state index is 0.174. The van der Waals surface area contributed by atoms with Gasteiger partial charge in [0.05, 0.1) is 13.2 Å². The lowest BCUT2D eigenvalue weighted by atomic mass is 9.86. The Balaban J connectivity index is 1.56. The van der Waals surface area contributed by atoms with Crippen molar-refractivity contribution in [3.05, 3.63) is 34.9 Å². The zero-order chi connectivity index (χ0) is 21.3. The molecule has 7 heteroatoms. The number of halogens is 1. The number of likely N-dealkylation sites (N-methyl/N-ethyl adjacent to an activating group) is 1. The molecule has 1 aromatic carbocycles. The van der Waals surface area contributed by atoms with E-state index in [1.165, 1.54) is 5.56 Å². The number of nitrogens with one attached hydrogen (secondary N) is 1. The third-order valence-corrected chi connectivity index (χ3v) is 6.49. The number of nitrogens with zero attached hydrogens (tertiary/aromatic N) is 3. The first-order valence-electron chi connectivity index (χ1n) is 11.2. The average Bonchev–Trinajstić information content (AvgIpc) is 2.74. The number of hydrogen-bond donors (Lipinski definition) is 1. The molecular formula is C23H37ClN4O2. The average molecular weight is 437 g/mol. The van der Waals surface area contributed by atoms with Crippen molar-refractivity contribution < 1.29 is 9.53 Å². The van der Waals surface area contributed by atoms with Gasteiger partial charge in [0.15, 0.2) is 0 Å². The Kier molecular flexibility index (Phi) is 9.40. The number of benzene rings is 1. The Morgan fingerprint density at radius 3 is 2.63 bits per heavy atom. The Labute approximate surface area is 186 Å². The largest absolute Gasteiger partial charge is 0.379 e. The molecule has 0 radical (unpaired) electrons. The van der Waals surface area contributed by atoms with Gasteiger partial charge in [-0.15, -0.1) is 0 Å². The molecule has 0 spiro atoms. The molecule has 0 saturated carbocycles. The van der Waals surface area contributed by atoms with Crippen molar-refractivity contribution in [2.75, 3.05) is 66.6 Å². The van der Waals surface area contributed by atoms with Gasteiger partial charge in [-0.25, -0.2) is 0 Å². The first-order chi connectivity index (χ1) is 14.5. The molecule has 0 bridgehead atoms. The fraction of sp³-hybridized carbons (Fsp3) is 0.696. The van der Waals surface area contributed by atoms with Crippen LogP contribution in [0.1, 0.15) is 24.8 Å². The summed E-state index contributed by atoms with van der Waals surface area (Å²) >= 11 is 6.04. The van der Waals surface area contributed by atoms with E-state index in [1.54, 1.807) is 0 Å². The van der Waals surface area contributed by atoms with E-state index in [0.29, 0.717) is 24.9 Å². The summed E-state index contributed by atoms with van der Waals surface area (Å²) in [5.41, 5.74) is 1.30. The Bertz CT molecular complexity index is 649. The van der Waals surface area contributed by atoms with Crippen molar-refractivity contribution >= 4 is 17.5 Å². The van der Waals surface area contributed by atoms with E-state index in [2.05, 4.69) is 32.1 Å². The standard InChI is InChI=1S/C23H37ClN4O2/c1-26(2)12-10-25-23(29)8-5-20-18-27(17-19-3-6-21(24)7-4-19)11-9-22(20)28-13-15-30-16-14-28/h3-4,6-7,20,22H,5,8-18H2,1-2H3,(H,25,29)/t20-,22+/m0/s1. The Hall–Kier alpha value is -1.18. The highest BCUT2D eigenvalue weighted by Crippen LogP contribution is 2.28. The van der Waals surface area contributed by atoms with Gasteiger partial charge < -0.3 is 15.0 Å². The van der Waals surface area contributed by atoms with Gasteiger partial charge in [-0.3, -0.25) is 14.6 Å². The van der Waals surface area contributed by atoms with Gasteiger partial charge in [0.1, 0.15) is 0 Å². The number of carbonyl (C=O) groups excluding carboxylic acids is 1. The van der Waals surface area contributed by atoms with E-state index in [0.717, 1.165) is 70.3 Å². The van der Waals surface area contributed by atoms with Crippen LogP contribution in [-0.2, 0) is 16.1 Å². The van der Waals surface area contributed by atoms with Crippen molar-refractivity contribution in [2.24, 2.45) is 5.92 Å². The second-order valence-electron chi connectivity index (χ2n) is 8.82. The molecule has 0 aliphatic carbocycles. The van der Waals surface area contributed by atoms with Crippen molar-refractivity contribution in [3.8, 4) is 0 Å². The first kappa shape index (κ1) is 23.5. The molecule has 168 valence electrons. The van der Waals surface area contributed by atoms with Crippen molar-refractivity contribution in [1.82, 2.24) is 20.0 Å². The van der Waals surface area contributed by atoms with Crippen LogP contribution in [0.15, 0.2) is 24.3 Å². The zero-order valence-corrected chi connectivity index (χ0v) is 19.2. The molecule has 3 rings (SSSR count).